The van der Waals surface area contributed by atoms with Crippen LogP contribution in [0, 0.1) is 0 Å². The zero-order valence-corrected chi connectivity index (χ0v) is 12.6. The topological polar surface area (TPSA) is 68.3 Å². The molecule has 1 aromatic carbocycles. The Morgan fingerprint density at radius 3 is 2.50 bits per heavy atom. The van der Waals surface area contributed by atoms with Crippen LogP contribution < -0.4 is 5.32 Å². The molecule has 0 saturated carbocycles. The van der Waals surface area contributed by atoms with E-state index in [1.807, 2.05) is 30.3 Å². The summed E-state index contributed by atoms with van der Waals surface area (Å²) >= 11 is 0. The van der Waals surface area contributed by atoms with Crippen LogP contribution in [-0.4, -0.2) is 30.5 Å². The number of aromatic nitrogens is 1. The van der Waals surface area contributed by atoms with Crippen molar-refractivity contribution < 1.29 is 14.3 Å². The summed E-state index contributed by atoms with van der Waals surface area (Å²) in [7, 11) is 1.34. The van der Waals surface area contributed by atoms with E-state index in [1.54, 1.807) is 25.3 Å². The lowest BCUT2D eigenvalue weighted by atomic mass is 9.82. The van der Waals surface area contributed by atoms with Gasteiger partial charge >= 0.3 is 5.97 Å². The highest BCUT2D eigenvalue weighted by molar-refractivity contribution is 5.94. The molecule has 2 rings (SSSR count). The first-order chi connectivity index (χ1) is 10.6. The van der Waals surface area contributed by atoms with Gasteiger partial charge in [-0.2, -0.15) is 0 Å². The molecule has 0 bridgehead atoms. The first kappa shape index (κ1) is 15.7. The van der Waals surface area contributed by atoms with Crippen LogP contribution in [0.15, 0.2) is 54.9 Å². The van der Waals surface area contributed by atoms with Crippen molar-refractivity contribution >= 4 is 11.9 Å². The molecule has 2 aromatic rings. The summed E-state index contributed by atoms with van der Waals surface area (Å²) < 4.78 is 4.91. The van der Waals surface area contributed by atoms with Crippen LogP contribution in [0.4, 0.5) is 0 Å². The van der Waals surface area contributed by atoms with Crippen molar-refractivity contribution in [3.63, 3.8) is 0 Å². The van der Waals surface area contributed by atoms with Gasteiger partial charge < -0.3 is 10.1 Å². The van der Waals surface area contributed by atoms with E-state index in [-0.39, 0.29) is 12.5 Å². The van der Waals surface area contributed by atoms with Crippen molar-refractivity contribution in [2.45, 2.75) is 12.3 Å². The van der Waals surface area contributed by atoms with E-state index in [0.29, 0.717) is 5.56 Å². The maximum atomic E-state index is 12.2. The van der Waals surface area contributed by atoms with Crippen molar-refractivity contribution in [2.24, 2.45) is 0 Å². The SMILES string of the molecule is COC(=O)[C@](C)(CNC(=O)c1cccnc1)c1ccccc1. The third kappa shape index (κ3) is 3.31. The maximum Gasteiger partial charge on any atom is 0.317 e. The number of esters is 1. The Hall–Kier alpha value is -2.69. The van der Waals surface area contributed by atoms with Gasteiger partial charge in [-0.15, -0.1) is 0 Å². The molecule has 0 aliphatic rings. The average molecular weight is 298 g/mol. The summed E-state index contributed by atoms with van der Waals surface area (Å²) in [6.45, 7) is 1.88. The molecule has 22 heavy (non-hydrogen) atoms. The minimum Gasteiger partial charge on any atom is -0.468 e. The number of hydrogen-bond donors (Lipinski definition) is 1. The Bertz CT molecular complexity index is 643. The number of methoxy groups -OCH3 is 1. The third-order valence-corrected chi connectivity index (χ3v) is 3.57. The number of amides is 1. The Balaban J connectivity index is 2.18. The Kier molecular flexibility index (Phi) is 4.88. The standard InChI is InChI=1S/C17H18N2O3/c1-17(16(21)22-2,14-8-4-3-5-9-14)12-19-15(20)13-7-6-10-18-11-13/h3-11H,12H2,1-2H3,(H,19,20)/t17-/m1/s1. The second-order valence-electron chi connectivity index (χ2n) is 5.11. The van der Waals surface area contributed by atoms with Gasteiger partial charge in [-0.1, -0.05) is 30.3 Å². The molecular weight excluding hydrogens is 280 g/mol. The predicted octanol–water partition coefficient (Wildman–Crippen LogP) is 1.94. The van der Waals surface area contributed by atoms with Crippen LogP contribution in [0.25, 0.3) is 0 Å². The predicted molar refractivity (Wildman–Crippen MR) is 82.4 cm³/mol. The average Bonchev–Trinajstić information content (AvgIpc) is 2.60. The minimum absolute atomic E-state index is 0.136. The highest BCUT2D eigenvalue weighted by Gasteiger charge is 2.36. The number of hydrogen-bond acceptors (Lipinski definition) is 4. The van der Waals surface area contributed by atoms with E-state index in [4.69, 9.17) is 4.74 Å². The molecule has 5 heteroatoms. The van der Waals surface area contributed by atoms with Crippen molar-refractivity contribution in [3.05, 3.63) is 66.0 Å². The Labute approximate surface area is 129 Å². The van der Waals surface area contributed by atoms with Crippen molar-refractivity contribution in [1.82, 2.24) is 10.3 Å². The van der Waals surface area contributed by atoms with Gasteiger partial charge in [-0.05, 0) is 24.6 Å². The molecule has 1 aromatic heterocycles. The normalized spacial score (nSPS) is 13.0. The van der Waals surface area contributed by atoms with Gasteiger partial charge in [-0.25, -0.2) is 0 Å². The summed E-state index contributed by atoms with van der Waals surface area (Å²) in [6.07, 6.45) is 3.08. The molecular formula is C17H18N2O3. The van der Waals surface area contributed by atoms with Gasteiger partial charge in [0.05, 0.1) is 12.7 Å². The Morgan fingerprint density at radius 2 is 1.91 bits per heavy atom. The molecule has 1 atom stereocenters. The molecule has 1 N–H and O–H groups in total. The van der Waals surface area contributed by atoms with E-state index in [0.717, 1.165) is 5.56 Å². The second kappa shape index (κ2) is 6.85. The molecule has 0 aliphatic heterocycles. The quantitative estimate of drug-likeness (QED) is 0.857. The van der Waals surface area contributed by atoms with Gasteiger partial charge in [0.15, 0.2) is 0 Å². The van der Waals surface area contributed by atoms with E-state index in [2.05, 4.69) is 10.3 Å². The van der Waals surface area contributed by atoms with Gasteiger partial charge in [-0.3, -0.25) is 14.6 Å². The van der Waals surface area contributed by atoms with Crippen LogP contribution in [-0.2, 0) is 14.9 Å². The second-order valence-corrected chi connectivity index (χ2v) is 5.11. The van der Waals surface area contributed by atoms with Gasteiger partial charge in [0.2, 0.25) is 0 Å². The molecule has 0 aliphatic carbocycles. The van der Waals surface area contributed by atoms with Crippen molar-refractivity contribution in [1.29, 1.82) is 0 Å². The van der Waals surface area contributed by atoms with Crippen LogP contribution in [0.3, 0.4) is 0 Å². The lowest BCUT2D eigenvalue weighted by Crippen LogP contribution is -2.45. The summed E-state index contributed by atoms with van der Waals surface area (Å²) in [4.78, 5) is 28.2. The number of benzene rings is 1. The highest BCUT2D eigenvalue weighted by Crippen LogP contribution is 2.24. The molecule has 0 saturated heterocycles. The molecule has 1 amide bonds. The molecule has 0 unspecified atom stereocenters. The van der Waals surface area contributed by atoms with Crippen LogP contribution in [0.2, 0.25) is 0 Å². The van der Waals surface area contributed by atoms with Gasteiger partial charge in [0, 0.05) is 18.9 Å². The number of carbonyl (C=O) groups is 2. The number of ether oxygens (including phenoxy) is 1. The fourth-order valence-electron chi connectivity index (χ4n) is 2.18. The summed E-state index contributed by atoms with van der Waals surface area (Å²) in [5, 5.41) is 2.77. The van der Waals surface area contributed by atoms with E-state index in [9.17, 15) is 9.59 Å². The Morgan fingerprint density at radius 1 is 1.18 bits per heavy atom. The third-order valence-electron chi connectivity index (χ3n) is 3.57. The largest absolute Gasteiger partial charge is 0.468 e. The van der Waals surface area contributed by atoms with Crippen molar-refractivity contribution in [3.8, 4) is 0 Å². The zero-order chi connectivity index (χ0) is 16.0. The highest BCUT2D eigenvalue weighted by atomic mass is 16.5. The minimum atomic E-state index is -0.951. The molecule has 0 fully saturated rings. The maximum absolute atomic E-state index is 12.2. The van der Waals surface area contributed by atoms with Crippen LogP contribution >= 0.6 is 0 Å². The monoisotopic (exact) mass is 298 g/mol. The molecule has 5 nitrogen and oxygen atoms in total. The fraction of sp³-hybridized carbons (Fsp3) is 0.235. The molecule has 114 valence electrons. The van der Waals surface area contributed by atoms with Crippen LogP contribution in [0.1, 0.15) is 22.8 Å². The molecule has 0 spiro atoms. The summed E-state index contributed by atoms with van der Waals surface area (Å²) in [6, 6.07) is 12.6. The summed E-state index contributed by atoms with van der Waals surface area (Å²) in [5.41, 5.74) is 0.282. The zero-order valence-electron chi connectivity index (χ0n) is 12.6. The number of carbonyl (C=O) groups excluding carboxylic acids is 2. The fourth-order valence-corrected chi connectivity index (χ4v) is 2.18. The molecule has 0 radical (unpaired) electrons. The number of pyridine rings is 1. The van der Waals surface area contributed by atoms with Crippen LogP contribution in [0.5, 0.6) is 0 Å². The number of nitrogens with zero attached hydrogens (tertiary/aromatic N) is 1. The summed E-state index contributed by atoms with van der Waals surface area (Å²) in [5.74, 6) is -0.677. The smallest absolute Gasteiger partial charge is 0.317 e. The first-order valence-electron chi connectivity index (χ1n) is 6.90. The molecule has 1 heterocycles. The first-order valence-corrected chi connectivity index (χ1v) is 6.90. The van der Waals surface area contributed by atoms with Gasteiger partial charge in [0.25, 0.3) is 5.91 Å². The lowest BCUT2D eigenvalue weighted by molar-refractivity contribution is -0.146. The van der Waals surface area contributed by atoms with E-state index < -0.39 is 11.4 Å². The van der Waals surface area contributed by atoms with Gasteiger partial charge in [0.1, 0.15) is 5.41 Å². The van der Waals surface area contributed by atoms with E-state index >= 15 is 0 Å². The van der Waals surface area contributed by atoms with E-state index in [1.165, 1.54) is 13.3 Å². The lowest BCUT2D eigenvalue weighted by Gasteiger charge is -2.27. The number of rotatable bonds is 5. The number of nitrogens with one attached hydrogen (secondary N) is 1. The van der Waals surface area contributed by atoms with Crippen molar-refractivity contribution in [2.75, 3.05) is 13.7 Å².